The van der Waals surface area contributed by atoms with Crippen molar-refractivity contribution in [2.24, 2.45) is 7.05 Å². The van der Waals surface area contributed by atoms with Gasteiger partial charge < -0.3 is 10.2 Å². The van der Waals surface area contributed by atoms with Gasteiger partial charge in [-0.05, 0) is 56.6 Å². The highest BCUT2D eigenvalue weighted by Crippen LogP contribution is 2.32. The largest absolute Gasteiger partial charge is 0.416 e. The maximum atomic E-state index is 13.2. The van der Waals surface area contributed by atoms with E-state index in [-0.39, 0.29) is 11.4 Å². The molecule has 1 fully saturated rings. The molecule has 1 atom stereocenters. The van der Waals surface area contributed by atoms with E-state index in [0.717, 1.165) is 29.4 Å². The fourth-order valence-corrected chi connectivity index (χ4v) is 5.17. The number of carbonyl (C=O) groups excluding carboxylic acids is 1. The molecule has 9 nitrogen and oxygen atoms in total. The van der Waals surface area contributed by atoms with Gasteiger partial charge in [0.05, 0.1) is 23.5 Å². The first kappa shape index (κ1) is 24.8. The molecule has 182 valence electrons. The summed E-state index contributed by atoms with van der Waals surface area (Å²) >= 11 is 0. The van der Waals surface area contributed by atoms with Crippen molar-refractivity contribution >= 4 is 27.6 Å². The Morgan fingerprint density at radius 2 is 2.00 bits per heavy atom. The summed E-state index contributed by atoms with van der Waals surface area (Å²) in [6.45, 7) is 2.95. The van der Waals surface area contributed by atoms with Gasteiger partial charge in [0.2, 0.25) is 0 Å². The molecule has 2 aromatic rings. The monoisotopic (exact) mass is 488 g/mol. The molecular weight excluding hydrogens is 461 g/mol. The molecule has 1 aromatic carbocycles. The lowest BCUT2D eigenvalue weighted by Crippen LogP contribution is -2.54. The van der Waals surface area contributed by atoms with Crippen molar-refractivity contribution in [2.45, 2.75) is 38.4 Å². The summed E-state index contributed by atoms with van der Waals surface area (Å²) < 4.78 is 70.5. The maximum Gasteiger partial charge on any atom is 0.416 e. The van der Waals surface area contributed by atoms with Crippen molar-refractivity contribution in [3.8, 4) is 0 Å². The number of nitrogens with zero attached hydrogens (tertiary/aromatic N) is 4. The summed E-state index contributed by atoms with van der Waals surface area (Å²) in [5.74, 6) is 0. The molecule has 1 aromatic heterocycles. The first-order valence-corrected chi connectivity index (χ1v) is 11.8. The minimum absolute atomic E-state index is 0.153. The number of piperidine rings is 1. The van der Waals surface area contributed by atoms with Gasteiger partial charge in [-0.15, -0.1) is 0 Å². The topological polar surface area (TPSA) is 99.6 Å². The molecule has 0 aliphatic carbocycles. The van der Waals surface area contributed by atoms with Gasteiger partial charge in [-0.2, -0.15) is 26.7 Å². The third-order valence-corrected chi connectivity index (χ3v) is 6.81. The number of urea groups is 1. The molecule has 1 aliphatic rings. The minimum atomic E-state index is -4.60. The molecular formula is C20H27F3N6O3S. The van der Waals surface area contributed by atoms with Crippen molar-refractivity contribution in [3.05, 3.63) is 41.7 Å². The average molecular weight is 489 g/mol. The third kappa shape index (κ3) is 6.16. The Hall–Kier alpha value is -2.80. The van der Waals surface area contributed by atoms with Crippen LogP contribution in [0.5, 0.6) is 0 Å². The normalized spacial score (nSPS) is 17.6. The Morgan fingerprint density at radius 1 is 1.27 bits per heavy atom. The van der Waals surface area contributed by atoms with Gasteiger partial charge in [-0.1, -0.05) is 6.92 Å². The van der Waals surface area contributed by atoms with Gasteiger partial charge in [0, 0.05) is 25.5 Å². The Balaban J connectivity index is 1.84. The number of rotatable bonds is 6. The number of hydrogen-bond acceptors (Lipinski definition) is 5. The average Bonchev–Trinajstić information content (AvgIpc) is 3.11. The van der Waals surface area contributed by atoms with Gasteiger partial charge in [0.15, 0.2) is 0 Å². The highest BCUT2D eigenvalue weighted by Gasteiger charge is 2.35. The highest BCUT2D eigenvalue weighted by molar-refractivity contribution is 7.91. The quantitative estimate of drug-likeness (QED) is 0.651. The van der Waals surface area contributed by atoms with Crippen LogP contribution in [0.25, 0.3) is 0 Å². The molecule has 2 amide bonds. The molecule has 0 spiro atoms. The molecule has 1 aliphatic heterocycles. The van der Waals surface area contributed by atoms with Crippen LogP contribution in [0.2, 0.25) is 0 Å². The zero-order chi connectivity index (χ0) is 24.4. The lowest BCUT2D eigenvalue weighted by atomic mass is 10.1. The van der Waals surface area contributed by atoms with Gasteiger partial charge in [-0.3, -0.25) is 4.68 Å². The zero-order valence-corrected chi connectivity index (χ0v) is 19.4. The predicted octanol–water partition coefficient (Wildman–Crippen LogP) is 2.97. The number of nitrogens with one attached hydrogen (secondary N) is 2. The summed E-state index contributed by atoms with van der Waals surface area (Å²) in [6, 6.07) is 1.52. The summed E-state index contributed by atoms with van der Waals surface area (Å²) in [4.78, 5) is 14.5. The Kier molecular flexibility index (Phi) is 7.22. The number of aromatic nitrogens is 2. The molecule has 0 saturated carbocycles. The fourth-order valence-electron chi connectivity index (χ4n) is 3.85. The van der Waals surface area contributed by atoms with Gasteiger partial charge >= 0.3 is 22.4 Å². The Bertz CT molecular complexity index is 1100. The smallest absolute Gasteiger partial charge is 0.307 e. The summed E-state index contributed by atoms with van der Waals surface area (Å²) in [7, 11) is -0.876. The molecule has 3 rings (SSSR count). The van der Waals surface area contributed by atoms with Crippen molar-refractivity contribution in [1.82, 2.24) is 19.4 Å². The van der Waals surface area contributed by atoms with Crippen LogP contribution in [0.4, 0.5) is 29.3 Å². The van der Waals surface area contributed by atoms with E-state index in [1.807, 2.05) is 16.7 Å². The molecule has 0 bridgehead atoms. The van der Waals surface area contributed by atoms with Crippen LogP contribution in [0.1, 0.15) is 30.9 Å². The van der Waals surface area contributed by atoms with E-state index in [1.54, 1.807) is 14.0 Å². The zero-order valence-electron chi connectivity index (χ0n) is 18.6. The molecule has 1 unspecified atom stereocenters. The van der Waals surface area contributed by atoms with Gasteiger partial charge in [0.1, 0.15) is 0 Å². The molecule has 0 radical (unpaired) electrons. The van der Waals surface area contributed by atoms with Crippen LogP contribution in [-0.4, -0.2) is 55.3 Å². The van der Waals surface area contributed by atoms with Crippen molar-refractivity contribution in [1.29, 1.82) is 0 Å². The van der Waals surface area contributed by atoms with Gasteiger partial charge in [0.25, 0.3) is 0 Å². The number of anilines is 2. The van der Waals surface area contributed by atoms with E-state index in [9.17, 15) is 26.4 Å². The number of carbonyl (C=O) groups is 1. The van der Waals surface area contributed by atoms with E-state index < -0.39 is 34.0 Å². The van der Waals surface area contributed by atoms with Crippen LogP contribution in [0.15, 0.2) is 30.6 Å². The van der Waals surface area contributed by atoms with Crippen LogP contribution in [-0.2, 0) is 29.9 Å². The number of aryl methyl sites for hydroxylation is 2. The van der Waals surface area contributed by atoms with Crippen LogP contribution >= 0.6 is 0 Å². The second-order valence-electron chi connectivity index (χ2n) is 8.06. The second-order valence-corrected chi connectivity index (χ2v) is 9.61. The first-order chi connectivity index (χ1) is 15.4. The lowest BCUT2D eigenvalue weighted by molar-refractivity contribution is -0.137. The molecule has 13 heteroatoms. The summed E-state index contributed by atoms with van der Waals surface area (Å²) in [6.07, 6.45) is -0.0478. The second kappa shape index (κ2) is 9.59. The Labute approximate surface area is 190 Å². The SMILES string of the molecule is CCc1cc(NC(=O)NS(=O)(=O)N(c2cnn(C)c2)C2CCCN(C)C2)cc(C(F)(F)F)c1. The molecule has 2 N–H and O–H groups in total. The van der Waals surface area contributed by atoms with Crippen molar-refractivity contribution in [2.75, 3.05) is 29.8 Å². The van der Waals surface area contributed by atoms with E-state index in [2.05, 4.69) is 10.4 Å². The molecule has 33 heavy (non-hydrogen) atoms. The van der Waals surface area contributed by atoms with Gasteiger partial charge in [-0.25, -0.2) is 13.8 Å². The lowest BCUT2D eigenvalue weighted by Gasteiger charge is -2.37. The first-order valence-electron chi connectivity index (χ1n) is 10.4. The van der Waals surface area contributed by atoms with E-state index in [0.29, 0.717) is 24.9 Å². The summed E-state index contributed by atoms with van der Waals surface area (Å²) in [5, 5.41) is 6.25. The van der Waals surface area contributed by atoms with E-state index >= 15 is 0 Å². The Morgan fingerprint density at radius 3 is 2.58 bits per heavy atom. The van der Waals surface area contributed by atoms with E-state index in [4.69, 9.17) is 0 Å². The number of likely N-dealkylation sites (N-methyl/N-ethyl adjacent to an activating group) is 1. The number of alkyl halides is 3. The highest BCUT2D eigenvalue weighted by atomic mass is 32.2. The predicted molar refractivity (Wildman–Crippen MR) is 118 cm³/mol. The number of halogens is 3. The molecule has 1 saturated heterocycles. The van der Waals surface area contributed by atoms with Crippen LogP contribution in [0, 0.1) is 0 Å². The third-order valence-electron chi connectivity index (χ3n) is 5.34. The maximum absolute atomic E-state index is 13.2. The van der Waals surface area contributed by atoms with Crippen LogP contribution in [0.3, 0.4) is 0 Å². The van der Waals surface area contributed by atoms with Crippen LogP contribution < -0.4 is 14.3 Å². The number of benzene rings is 1. The van der Waals surface area contributed by atoms with Crippen molar-refractivity contribution in [3.63, 3.8) is 0 Å². The standard InChI is InChI=1S/C20H27F3N6O3S/c1-4-14-8-15(20(21,22)23)10-16(9-14)25-19(30)26-33(31,32)29(18-11-24-28(3)13-18)17-6-5-7-27(2)12-17/h8-11,13,17H,4-7,12H2,1-3H3,(H2,25,26,30). The fraction of sp³-hybridized carbons (Fsp3) is 0.500. The molecule has 2 heterocycles. The number of likely N-dealkylation sites (tertiary alicyclic amines) is 1. The summed E-state index contributed by atoms with van der Waals surface area (Å²) in [5.41, 5.74) is -0.447. The number of amides is 2. The minimum Gasteiger partial charge on any atom is -0.307 e. The van der Waals surface area contributed by atoms with Crippen molar-refractivity contribution < 1.29 is 26.4 Å². The number of hydrogen-bond donors (Lipinski definition) is 2. The van der Waals surface area contributed by atoms with E-state index in [1.165, 1.54) is 23.1 Å².